The molecule has 1 amide bonds. The molecule has 1 aliphatic heterocycles. The number of nitrogens with two attached hydrogens (primary N) is 1. The van der Waals surface area contributed by atoms with Crippen LogP contribution in [0.2, 0.25) is 0 Å². The molecule has 17 heavy (non-hydrogen) atoms. The summed E-state index contributed by atoms with van der Waals surface area (Å²) in [5.41, 5.74) is 6.87. The third-order valence-electron chi connectivity index (χ3n) is 3.60. The second kappa shape index (κ2) is 3.74. The first-order valence-electron chi connectivity index (χ1n) is 6.06. The minimum absolute atomic E-state index is 0.0394. The summed E-state index contributed by atoms with van der Waals surface area (Å²) in [6.07, 6.45) is 4.77. The summed E-state index contributed by atoms with van der Waals surface area (Å²) < 4.78 is 0. The summed E-state index contributed by atoms with van der Waals surface area (Å²) in [6, 6.07) is 7.25. The van der Waals surface area contributed by atoms with Crippen molar-refractivity contribution >= 4 is 17.3 Å². The van der Waals surface area contributed by atoms with Crippen LogP contribution in [0.3, 0.4) is 0 Å². The van der Waals surface area contributed by atoms with Crippen LogP contribution in [0.25, 0.3) is 0 Å². The normalized spacial score (nSPS) is 22.6. The summed E-state index contributed by atoms with van der Waals surface area (Å²) in [4.78, 5) is 17.9. The zero-order chi connectivity index (χ0) is 11.9. The van der Waals surface area contributed by atoms with Gasteiger partial charge >= 0.3 is 0 Å². The fourth-order valence-electron chi connectivity index (χ4n) is 2.76. The highest BCUT2D eigenvalue weighted by Gasteiger charge is 2.47. The van der Waals surface area contributed by atoms with Gasteiger partial charge in [-0.1, -0.05) is 18.9 Å². The molecule has 4 nitrogen and oxygen atoms in total. The summed E-state index contributed by atoms with van der Waals surface area (Å²) in [5.74, 6) is 0.0394. The highest BCUT2D eigenvalue weighted by atomic mass is 16.7. The first-order valence-corrected chi connectivity index (χ1v) is 6.06. The molecule has 1 spiro atoms. The molecular weight excluding hydrogens is 216 g/mol. The number of nitrogen functional groups attached to an aromatic ring is 1. The molecule has 2 aliphatic rings. The number of nitrogens with zero attached hydrogens (tertiary/aromatic N) is 1. The van der Waals surface area contributed by atoms with Gasteiger partial charge in [-0.05, 0) is 31.0 Å². The predicted molar refractivity (Wildman–Crippen MR) is 65.2 cm³/mol. The van der Waals surface area contributed by atoms with Crippen LogP contribution >= 0.6 is 0 Å². The van der Waals surface area contributed by atoms with Gasteiger partial charge in [0.1, 0.15) is 5.60 Å². The Labute approximate surface area is 100 Å². The molecule has 0 aromatic heterocycles. The molecular formula is C13H16N2O2. The average molecular weight is 232 g/mol. The van der Waals surface area contributed by atoms with Gasteiger partial charge in [0.2, 0.25) is 0 Å². The molecule has 4 heteroatoms. The summed E-state index contributed by atoms with van der Waals surface area (Å²) >= 11 is 0. The van der Waals surface area contributed by atoms with E-state index in [1.54, 1.807) is 12.1 Å². The highest BCUT2D eigenvalue weighted by Crippen LogP contribution is 2.42. The first-order chi connectivity index (χ1) is 8.19. The van der Waals surface area contributed by atoms with Gasteiger partial charge < -0.3 is 5.73 Å². The van der Waals surface area contributed by atoms with Crippen LogP contribution in [0.5, 0.6) is 0 Å². The van der Waals surface area contributed by atoms with Crippen molar-refractivity contribution in [2.75, 3.05) is 10.8 Å². The van der Waals surface area contributed by atoms with Gasteiger partial charge in [-0.2, -0.15) is 5.06 Å². The van der Waals surface area contributed by atoms with Crippen molar-refractivity contribution in [2.45, 2.75) is 37.7 Å². The fraction of sp³-hybridized carbons (Fsp3) is 0.462. The molecule has 1 saturated carbocycles. The molecule has 0 bridgehead atoms. The van der Waals surface area contributed by atoms with Gasteiger partial charge in [-0.3, -0.25) is 9.63 Å². The zero-order valence-corrected chi connectivity index (χ0v) is 9.69. The van der Waals surface area contributed by atoms with Gasteiger partial charge in [0.25, 0.3) is 5.91 Å². The third kappa shape index (κ3) is 1.78. The molecule has 2 fully saturated rings. The summed E-state index contributed by atoms with van der Waals surface area (Å²) in [6.45, 7) is 0. The number of anilines is 2. The number of carbonyl (C=O) groups is 1. The van der Waals surface area contributed by atoms with E-state index in [2.05, 4.69) is 0 Å². The van der Waals surface area contributed by atoms with E-state index in [1.807, 2.05) is 12.1 Å². The van der Waals surface area contributed by atoms with Crippen molar-refractivity contribution in [3.8, 4) is 0 Å². The second-order valence-corrected chi connectivity index (χ2v) is 4.94. The van der Waals surface area contributed by atoms with Gasteiger partial charge in [0.05, 0.1) is 12.1 Å². The molecule has 90 valence electrons. The number of hydrogen-bond donors (Lipinski definition) is 1. The Morgan fingerprint density at radius 3 is 2.76 bits per heavy atom. The number of hydroxylamine groups is 1. The van der Waals surface area contributed by atoms with Crippen LogP contribution in [0.1, 0.15) is 32.1 Å². The van der Waals surface area contributed by atoms with Crippen LogP contribution in [0.4, 0.5) is 11.4 Å². The van der Waals surface area contributed by atoms with Crippen molar-refractivity contribution < 1.29 is 9.63 Å². The van der Waals surface area contributed by atoms with Crippen LogP contribution in [-0.4, -0.2) is 11.5 Å². The van der Waals surface area contributed by atoms with Crippen molar-refractivity contribution in [3.63, 3.8) is 0 Å². The Kier molecular flexibility index (Phi) is 2.33. The van der Waals surface area contributed by atoms with Crippen molar-refractivity contribution in [2.24, 2.45) is 0 Å². The average Bonchev–Trinajstić information content (AvgIpc) is 2.87. The Morgan fingerprint density at radius 1 is 1.29 bits per heavy atom. The lowest BCUT2D eigenvalue weighted by Gasteiger charge is -2.23. The van der Waals surface area contributed by atoms with Crippen LogP contribution in [-0.2, 0) is 9.63 Å². The lowest BCUT2D eigenvalue weighted by molar-refractivity contribution is -0.119. The van der Waals surface area contributed by atoms with Gasteiger partial charge in [0, 0.05) is 5.69 Å². The molecule has 1 aromatic rings. The Balaban J connectivity index is 1.87. The first kappa shape index (κ1) is 10.6. The van der Waals surface area contributed by atoms with Crippen molar-refractivity contribution in [1.29, 1.82) is 0 Å². The fourth-order valence-corrected chi connectivity index (χ4v) is 2.76. The maximum atomic E-state index is 12.0. The van der Waals surface area contributed by atoms with Crippen molar-refractivity contribution in [1.82, 2.24) is 0 Å². The van der Waals surface area contributed by atoms with E-state index in [0.29, 0.717) is 12.1 Å². The quantitative estimate of drug-likeness (QED) is 0.755. The number of amides is 1. The molecule has 1 aromatic carbocycles. The smallest absolute Gasteiger partial charge is 0.253 e. The predicted octanol–water partition coefficient (Wildman–Crippen LogP) is 2.25. The molecule has 0 radical (unpaired) electrons. The summed E-state index contributed by atoms with van der Waals surface area (Å²) in [5, 5.41) is 1.42. The van der Waals surface area contributed by atoms with Crippen LogP contribution < -0.4 is 10.8 Å². The lowest BCUT2D eigenvalue weighted by Crippen LogP contribution is -2.28. The van der Waals surface area contributed by atoms with E-state index in [9.17, 15) is 4.79 Å². The van der Waals surface area contributed by atoms with Gasteiger partial charge in [-0.25, -0.2) is 0 Å². The number of benzene rings is 1. The SMILES string of the molecule is Nc1cccc(N2OC3(CCCC3)CC2=O)c1. The number of hydrogen-bond acceptors (Lipinski definition) is 3. The Hall–Kier alpha value is -1.55. The van der Waals surface area contributed by atoms with E-state index >= 15 is 0 Å². The molecule has 0 atom stereocenters. The molecule has 1 heterocycles. The molecule has 2 N–H and O–H groups in total. The van der Waals surface area contributed by atoms with E-state index in [1.165, 1.54) is 5.06 Å². The Morgan fingerprint density at radius 2 is 2.06 bits per heavy atom. The van der Waals surface area contributed by atoms with E-state index in [0.717, 1.165) is 31.4 Å². The maximum Gasteiger partial charge on any atom is 0.253 e. The van der Waals surface area contributed by atoms with Crippen LogP contribution in [0, 0.1) is 0 Å². The zero-order valence-electron chi connectivity index (χ0n) is 9.69. The molecule has 3 rings (SSSR count). The van der Waals surface area contributed by atoms with E-state index in [-0.39, 0.29) is 11.5 Å². The maximum absolute atomic E-state index is 12.0. The molecule has 1 saturated heterocycles. The minimum Gasteiger partial charge on any atom is -0.399 e. The third-order valence-corrected chi connectivity index (χ3v) is 3.60. The monoisotopic (exact) mass is 232 g/mol. The topological polar surface area (TPSA) is 55.6 Å². The van der Waals surface area contributed by atoms with E-state index < -0.39 is 0 Å². The standard InChI is InChI=1S/C13H16N2O2/c14-10-4-3-5-11(8-10)15-12(16)9-13(17-15)6-1-2-7-13/h3-5,8H,1-2,6-7,9,14H2. The lowest BCUT2D eigenvalue weighted by atomic mass is 9.99. The Bertz CT molecular complexity index is 452. The number of carbonyl (C=O) groups excluding carboxylic acids is 1. The number of rotatable bonds is 1. The van der Waals surface area contributed by atoms with Gasteiger partial charge in [-0.15, -0.1) is 0 Å². The van der Waals surface area contributed by atoms with E-state index in [4.69, 9.17) is 10.6 Å². The minimum atomic E-state index is -0.234. The molecule has 1 aliphatic carbocycles. The largest absolute Gasteiger partial charge is 0.399 e. The highest BCUT2D eigenvalue weighted by molar-refractivity contribution is 5.94. The molecule has 0 unspecified atom stereocenters. The van der Waals surface area contributed by atoms with Crippen LogP contribution in [0.15, 0.2) is 24.3 Å². The van der Waals surface area contributed by atoms with Gasteiger partial charge in [0.15, 0.2) is 0 Å². The summed E-state index contributed by atoms with van der Waals surface area (Å²) in [7, 11) is 0. The van der Waals surface area contributed by atoms with Crippen molar-refractivity contribution in [3.05, 3.63) is 24.3 Å². The second-order valence-electron chi connectivity index (χ2n) is 4.94.